The molecule has 0 atom stereocenters. The quantitative estimate of drug-likeness (QED) is 0.622. The van der Waals surface area contributed by atoms with Crippen molar-refractivity contribution in [2.75, 3.05) is 0 Å². The summed E-state index contributed by atoms with van der Waals surface area (Å²) in [5.74, 6) is 0.745. The van der Waals surface area contributed by atoms with E-state index in [0.717, 1.165) is 0 Å². The maximum absolute atomic E-state index is 13.9. The molecular formula is C13H15FN4O2. The van der Waals surface area contributed by atoms with E-state index in [1.165, 1.54) is 22.9 Å². The fourth-order valence-electron chi connectivity index (χ4n) is 1.99. The molecule has 0 aliphatic heterocycles. The summed E-state index contributed by atoms with van der Waals surface area (Å²) < 4.78 is 15.4. The van der Waals surface area contributed by atoms with Crippen LogP contribution in [-0.4, -0.2) is 19.7 Å². The number of nitro groups is 1. The highest BCUT2D eigenvalue weighted by molar-refractivity contribution is 5.41. The molecule has 0 amide bonds. The zero-order valence-corrected chi connectivity index (χ0v) is 11.3. The summed E-state index contributed by atoms with van der Waals surface area (Å²) in [6, 6.07) is 3.84. The smallest absolute Gasteiger partial charge is 0.258 e. The molecule has 0 unspecified atom stereocenters. The van der Waals surface area contributed by atoms with Crippen LogP contribution >= 0.6 is 0 Å². The molecule has 0 bridgehead atoms. The van der Waals surface area contributed by atoms with Crippen LogP contribution in [0.1, 0.15) is 31.1 Å². The molecule has 0 aliphatic rings. The summed E-state index contributed by atoms with van der Waals surface area (Å²) in [5, 5.41) is 15.2. The zero-order chi connectivity index (χ0) is 14.7. The summed E-state index contributed by atoms with van der Waals surface area (Å²) >= 11 is 0. The van der Waals surface area contributed by atoms with Crippen LogP contribution in [0, 0.1) is 15.9 Å². The Hall–Kier alpha value is -2.31. The number of aromatic nitrogens is 3. The Morgan fingerprint density at radius 1 is 1.35 bits per heavy atom. The minimum Gasteiger partial charge on any atom is -0.258 e. The van der Waals surface area contributed by atoms with Crippen molar-refractivity contribution in [3.05, 3.63) is 51.3 Å². The molecule has 6 nitrogen and oxygen atoms in total. The first-order valence-electron chi connectivity index (χ1n) is 6.41. The van der Waals surface area contributed by atoms with Gasteiger partial charge in [0.15, 0.2) is 5.82 Å². The monoisotopic (exact) mass is 278 g/mol. The van der Waals surface area contributed by atoms with Crippen LogP contribution < -0.4 is 0 Å². The van der Waals surface area contributed by atoms with Gasteiger partial charge in [0.2, 0.25) is 0 Å². The van der Waals surface area contributed by atoms with E-state index < -0.39 is 10.7 Å². The predicted molar refractivity (Wildman–Crippen MR) is 70.9 cm³/mol. The lowest BCUT2D eigenvalue weighted by Gasteiger charge is -2.06. The molecule has 1 aromatic carbocycles. The number of benzene rings is 1. The van der Waals surface area contributed by atoms with Crippen molar-refractivity contribution >= 4 is 5.69 Å². The van der Waals surface area contributed by atoms with Gasteiger partial charge in [0.05, 0.1) is 17.0 Å². The van der Waals surface area contributed by atoms with Gasteiger partial charge in [-0.25, -0.2) is 14.1 Å². The molecule has 20 heavy (non-hydrogen) atoms. The Labute approximate surface area is 115 Å². The molecule has 1 heterocycles. The van der Waals surface area contributed by atoms with E-state index in [1.54, 1.807) is 0 Å². The van der Waals surface area contributed by atoms with Crippen molar-refractivity contribution in [2.45, 2.75) is 33.2 Å². The van der Waals surface area contributed by atoms with E-state index in [0.29, 0.717) is 24.5 Å². The van der Waals surface area contributed by atoms with E-state index in [2.05, 4.69) is 10.1 Å². The predicted octanol–water partition coefficient (Wildman–Crippen LogP) is 2.50. The lowest BCUT2D eigenvalue weighted by Crippen LogP contribution is -2.10. The minimum atomic E-state index is -0.602. The van der Waals surface area contributed by atoms with E-state index >= 15 is 0 Å². The third-order valence-electron chi connectivity index (χ3n) is 3.02. The normalized spacial score (nSPS) is 10.8. The molecule has 7 heteroatoms. The molecule has 0 saturated carbocycles. The summed E-state index contributed by atoms with van der Waals surface area (Å²) in [5.41, 5.74) is -0.208. The molecule has 0 N–H and O–H groups in total. The van der Waals surface area contributed by atoms with Crippen LogP contribution in [0.5, 0.6) is 0 Å². The second-order valence-corrected chi connectivity index (χ2v) is 4.30. The van der Waals surface area contributed by atoms with Crippen molar-refractivity contribution in [3.63, 3.8) is 0 Å². The second-order valence-electron chi connectivity index (χ2n) is 4.30. The van der Waals surface area contributed by atoms with Gasteiger partial charge in [-0.3, -0.25) is 10.1 Å². The van der Waals surface area contributed by atoms with Gasteiger partial charge in [-0.05, 0) is 6.07 Å². The molecule has 1 aromatic heterocycles. The molecule has 0 aliphatic carbocycles. The van der Waals surface area contributed by atoms with Crippen LogP contribution in [0.3, 0.4) is 0 Å². The van der Waals surface area contributed by atoms with Gasteiger partial charge in [-0.15, -0.1) is 0 Å². The van der Waals surface area contributed by atoms with Crippen LogP contribution in [0.15, 0.2) is 18.2 Å². The summed E-state index contributed by atoms with van der Waals surface area (Å²) in [7, 11) is 0. The number of halogens is 1. The maximum Gasteiger partial charge on any atom is 0.277 e. The lowest BCUT2D eigenvalue weighted by atomic mass is 10.1. The number of hydrogen-bond acceptors (Lipinski definition) is 4. The molecule has 0 saturated heterocycles. The first kappa shape index (κ1) is 14.1. The highest BCUT2D eigenvalue weighted by Gasteiger charge is 2.20. The number of aryl methyl sites for hydroxylation is 2. The molecule has 2 aromatic rings. The largest absolute Gasteiger partial charge is 0.277 e. The summed E-state index contributed by atoms with van der Waals surface area (Å²) in [6.07, 6.45) is 1.30. The Balaban J connectivity index is 2.44. The summed E-state index contributed by atoms with van der Waals surface area (Å²) in [4.78, 5) is 14.7. The number of nitro benzene ring substituents is 1. The third-order valence-corrected chi connectivity index (χ3v) is 3.02. The topological polar surface area (TPSA) is 73.8 Å². The highest BCUT2D eigenvalue weighted by Crippen LogP contribution is 2.22. The molecule has 0 fully saturated rings. The van der Waals surface area contributed by atoms with Crippen molar-refractivity contribution < 1.29 is 9.31 Å². The Morgan fingerprint density at radius 3 is 2.70 bits per heavy atom. The first-order valence-corrected chi connectivity index (χ1v) is 6.41. The molecule has 2 rings (SSSR count). The number of hydrogen-bond donors (Lipinski definition) is 0. The Bertz CT molecular complexity index is 639. The lowest BCUT2D eigenvalue weighted by molar-refractivity contribution is -0.385. The van der Waals surface area contributed by atoms with E-state index in [-0.39, 0.29) is 17.8 Å². The molecule has 0 radical (unpaired) electrons. The van der Waals surface area contributed by atoms with Gasteiger partial charge in [0.1, 0.15) is 11.6 Å². The van der Waals surface area contributed by atoms with Crippen LogP contribution in [0.4, 0.5) is 10.1 Å². The Morgan fingerprint density at radius 2 is 2.10 bits per heavy atom. The number of rotatable bonds is 5. The first-order chi connectivity index (χ1) is 9.56. The molecule has 0 spiro atoms. The van der Waals surface area contributed by atoms with Gasteiger partial charge in [-0.2, -0.15) is 5.10 Å². The average Bonchev–Trinajstić information content (AvgIpc) is 2.83. The maximum atomic E-state index is 13.9. The fraction of sp³-hybridized carbons (Fsp3) is 0.385. The Kier molecular flexibility index (Phi) is 4.07. The van der Waals surface area contributed by atoms with Gasteiger partial charge >= 0.3 is 0 Å². The summed E-state index contributed by atoms with van der Waals surface area (Å²) in [6.45, 7) is 3.85. The van der Waals surface area contributed by atoms with Crippen LogP contribution in [-0.2, 0) is 19.4 Å². The highest BCUT2D eigenvalue weighted by atomic mass is 19.1. The van der Waals surface area contributed by atoms with Crippen molar-refractivity contribution in [2.24, 2.45) is 0 Å². The van der Waals surface area contributed by atoms with Crippen LogP contribution in [0.2, 0.25) is 0 Å². The van der Waals surface area contributed by atoms with E-state index in [1.807, 2.05) is 13.8 Å². The molecular weight excluding hydrogens is 263 g/mol. The zero-order valence-electron chi connectivity index (χ0n) is 11.3. The van der Waals surface area contributed by atoms with Gasteiger partial charge < -0.3 is 0 Å². The average molecular weight is 278 g/mol. The van der Waals surface area contributed by atoms with E-state index in [4.69, 9.17) is 0 Å². The fourth-order valence-corrected chi connectivity index (χ4v) is 1.99. The standard InChI is InChI=1S/C13H15FN4O2/c1-3-12-15-13(4-2)17(16-12)8-9-10(14)6-5-7-11(9)18(19)20/h5-7H,3-4,8H2,1-2H3. The van der Waals surface area contributed by atoms with Gasteiger partial charge in [-0.1, -0.05) is 19.9 Å². The number of nitrogens with zero attached hydrogens (tertiary/aromatic N) is 4. The van der Waals surface area contributed by atoms with Gasteiger partial charge in [0.25, 0.3) is 5.69 Å². The van der Waals surface area contributed by atoms with Gasteiger partial charge in [0, 0.05) is 18.9 Å². The third kappa shape index (κ3) is 2.66. The van der Waals surface area contributed by atoms with E-state index in [9.17, 15) is 14.5 Å². The van der Waals surface area contributed by atoms with Crippen LogP contribution in [0.25, 0.3) is 0 Å². The molecule has 106 valence electrons. The van der Waals surface area contributed by atoms with Crippen molar-refractivity contribution in [1.82, 2.24) is 14.8 Å². The minimum absolute atomic E-state index is 0.0131. The second kappa shape index (κ2) is 5.77. The SMILES string of the molecule is CCc1nc(CC)n(Cc2c(F)cccc2[N+](=O)[O-])n1. The van der Waals surface area contributed by atoms with Crippen molar-refractivity contribution in [1.29, 1.82) is 0 Å². The van der Waals surface area contributed by atoms with Crippen molar-refractivity contribution in [3.8, 4) is 0 Å².